The summed E-state index contributed by atoms with van der Waals surface area (Å²) in [7, 11) is 8.16. The Morgan fingerprint density at radius 1 is 1.18 bits per heavy atom. The van der Waals surface area contributed by atoms with Crippen molar-refractivity contribution in [2.45, 2.75) is 25.6 Å². The molecule has 1 amide bonds. The van der Waals surface area contributed by atoms with Crippen molar-refractivity contribution in [3.05, 3.63) is 29.8 Å². The number of rotatable bonds is 9. The highest BCUT2D eigenvalue weighted by atomic mass is 33.1. The lowest BCUT2D eigenvalue weighted by Gasteiger charge is -2.24. The van der Waals surface area contributed by atoms with Crippen molar-refractivity contribution >= 4 is 39.2 Å². The van der Waals surface area contributed by atoms with Gasteiger partial charge in [0.2, 0.25) is 0 Å². The van der Waals surface area contributed by atoms with Gasteiger partial charge < -0.3 is 34.3 Å². The topological polar surface area (TPSA) is 107 Å². The van der Waals surface area contributed by atoms with Gasteiger partial charge in [-0.05, 0) is 12.5 Å². The number of methoxy groups -OCH3 is 3. The Morgan fingerprint density at radius 2 is 1.82 bits per heavy atom. The Hall–Kier alpha value is -2.08. The number of carbonyl (C=O) groups is 2. The molecular weight excluding hydrogens is 468 g/mol. The van der Waals surface area contributed by atoms with Gasteiger partial charge >= 0.3 is 5.97 Å². The quantitative estimate of drug-likeness (QED) is 0.227. The third kappa shape index (κ3) is 7.73. The molecule has 2 N–H and O–H groups in total. The van der Waals surface area contributed by atoms with Gasteiger partial charge in [0, 0.05) is 38.2 Å². The molecule has 0 spiro atoms. The first kappa shape index (κ1) is 27.2. The largest absolute Gasteiger partial charge is 0.493 e. The van der Waals surface area contributed by atoms with Gasteiger partial charge in [-0.15, -0.1) is 0 Å². The molecule has 9 nitrogen and oxygen atoms in total. The van der Waals surface area contributed by atoms with E-state index in [2.05, 4.69) is 11.9 Å². The lowest BCUT2D eigenvalue weighted by atomic mass is 10.1. The Kier molecular flexibility index (Phi) is 11.2. The van der Waals surface area contributed by atoms with Crippen LogP contribution in [0.3, 0.4) is 0 Å². The average molecular weight is 501 g/mol. The molecule has 2 heterocycles. The molecule has 0 aliphatic carbocycles. The fourth-order valence-corrected chi connectivity index (χ4v) is 5.11. The number of ether oxygens (including phenoxy) is 4. The number of carbonyl (C=O) groups excluding carboxylic acids is 2. The van der Waals surface area contributed by atoms with Gasteiger partial charge in [-0.25, -0.2) is 0 Å². The summed E-state index contributed by atoms with van der Waals surface area (Å²) in [4.78, 5) is 24.7. The second-order valence-electron chi connectivity index (χ2n) is 7.27. The molecule has 1 fully saturated rings. The van der Waals surface area contributed by atoms with E-state index < -0.39 is 6.23 Å². The highest BCUT2D eigenvalue weighted by Crippen LogP contribution is 2.38. The zero-order valence-electron chi connectivity index (χ0n) is 19.4. The zero-order valence-corrected chi connectivity index (χ0v) is 21.1. The van der Waals surface area contributed by atoms with Crippen molar-refractivity contribution in [1.82, 2.24) is 4.90 Å². The van der Waals surface area contributed by atoms with E-state index in [1.54, 1.807) is 45.7 Å². The summed E-state index contributed by atoms with van der Waals surface area (Å²) in [6.07, 6.45) is -0.241. The highest BCUT2D eigenvalue weighted by molar-refractivity contribution is 8.76. The van der Waals surface area contributed by atoms with Crippen molar-refractivity contribution in [1.29, 1.82) is 0 Å². The minimum absolute atomic E-state index is 0.140. The van der Waals surface area contributed by atoms with Gasteiger partial charge in [0.05, 0.1) is 38.1 Å². The number of nitrogens with zero attached hydrogens (tertiary/aromatic N) is 1. The molecule has 0 saturated carbocycles. The SMILES string of the molecule is C=C1CC2C(O)Nc3cc(OC)c(OC)cc3C(=O)N2C1.COCCSSCCOC(C)=O. The molecule has 0 aromatic heterocycles. The monoisotopic (exact) mass is 500 g/mol. The van der Waals surface area contributed by atoms with Crippen LogP contribution in [-0.4, -0.2) is 86.7 Å². The van der Waals surface area contributed by atoms with Crippen molar-refractivity contribution in [2.24, 2.45) is 0 Å². The number of aliphatic hydroxyl groups excluding tert-OH is 1. The maximum atomic E-state index is 12.7. The standard InChI is InChI=1S/C15H18N2O4.C7H14O3S2/c1-8-4-11-14(18)16-10-6-13(21-3)12(20-2)5-9(10)15(19)17(11)7-8;1-7(8)10-4-6-12-11-5-3-9-2/h5-6,11,14,16,18H,1,4,7H2,2-3H3;3-6H2,1-2H3. The predicted molar refractivity (Wildman–Crippen MR) is 131 cm³/mol. The van der Waals surface area contributed by atoms with Crippen molar-refractivity contribution < 1.29 is 33.6 Å². The number of esters is 1. The molecule has 33 heavy (non-hydrogen) atoms. The summed E-state index contributed by atoms with van der Waals surface area (Å²) in [6.45, 7) is 7.07. The van der Waals surface area contributed by atoms with Crippen LogP contribution in [0.2, 0.25) is 0 Å². The average Bonchev–Trinajstić information content (AvgIpc) is 3.16. The molecule has 0 radical (unpaired) electrons. The van der Waals surface area contributed by atoms with Gasteiger partial charge in [-0.1, -0.05) is 33.7 Å². The molecular formula is C22H32N2O7S2. The van der Waals surface area contributed by atoms with Gasteiger partial charge in [-0.3, -0.25) is 9.59 Å². The summed E-state index contributed by atoms with van der Waals surface area (Å²) < 4.78 is 20.1. The second-order valence-corrected chi connectivity index (χ2v) is 9.98. The lowest BCUT2D eigenvalue weighted by Crippen LogP contribution is -2.43. The number of anilines is 1. The molecule has 1 aromatic carbocycles. The maximum absolute atomic E-state index is 12.7. The van der Waals surface area contributed by atoms with Crippen LogP contribution < -0.4 is 14.8 Å². The van der Waals surface area contributed by atoms with Gasteiger partial charge in [0.25, 0.3) is 5.91 Å². The fraction of sp³-hybridized carbons (Fsp3) is 0.545. The number of nitrogens with one attached hydrogen (secondary N) is 1. The summed E-state index contributed by atoms with van der Waals surface area (Å²) >= 11 is 0. The van der Waals surface area contributed by atoms with E-state index in [1.165, 1.54) is 21.1 Å². The van der Waals surface area contributed by atoms with Crippen LogP contribution >= 0.6 is 21.6 Å². The molecule has 1 saturated heterocycles. The number of hydrogen-bond acceptors (Lipinski definition) is 10. The molecule has 2 atom stereocenters. The van der Waals surface area contributed by atoms with E-state index in [0.717, 1.165) is 23.7 Å². The minimum Gasteiger partial charge on any atom is -0.493 e. The molecule has 184 valence electrons. The fourth-order valence-electron chi connectivity index (χ4n) is 3.37. The Labute approximate surface area is 202 Å². The summed E-state index contributed by atoms with van der Waals surface area (Å²) in [6, 6.07) is 3.01. The van der Waals surface area contributed by atoms with E-state index in [-0.39, 0.29) is 17.9 Å². The van der Waals surface area contributed by atoms with Gasteiger partial charge in [-0.2, -0.15) is 0 Å². The smallest absolute Gasteiger partial charge is 0.302 e. The van der Waals surface area contributed by atoms with E-state index in [0.29, 0.717) is 42.3 Å². The Bertz CT molecular complexity index is 837. The van der Waals surface area contributed by atoms with Gasteiger partial charge in [0.15, 0.2) is 11.5 Å². The molecule has 2 aliphatic heterocycles. The molecule has 1 aromatic rings. The number of amides is 1. The Balaban J connectivity index is 0.000000277. The number of benzene rings is 1. The molecule has 2 aliphatic rings. The van der Waals surface area contributed by atoms with Crippen molar-refractivity contribution in [3.63, 3.8) is 0 Å². The third-order valence-electron chi connectivity index (χ3n) is 4.90. The number of aliphatic hydroxyl groups is 1. The zero-order chi connectivity index (χ0) is 24.4. The van der Waals surface area contributed by atoms with E-state index in [1.807, 2.05) is 0 Å². The van der Waals surface area contributed by atoms with E-state index in [9.17, 15) is 14.7 Å². The normalized spacial score (nSPS) is 18.9. The maximum Gasteiger partial charge on any atom is 0.302 e. The van der Waals surface area contributed by atoms with E-state index >= 15 is 0 Å². The Morgan fingerprint density at radius 3 is 2.42 bits per heavy atom. The summed E-state index contributed by atoms with van der Waals surface area (Å²) in [5.41, 5.74) is 1.95. The minimum atomic E-state index is -0.840. The van der Waals surface area contributed by atoms with Crippen molar-refractivity contribution in [2.75, 3.05) is 57.9 Å². The molecule has 2 unspecified atom stereocenters. The van der Waals surface area contributed by atoms with Crippen molar-refractivity contribution in [3.8, 4) is 11.5 Å². The molecule has 11 heteroatoms. The van der Waals surface area contributed by atoms with Gasteiger partial charge in [0.1, 0.15) is 12.8 Å². The molecule has 0 bridgehead atoms. The van der Waals surface area contributed by atoms with Crippen LogP contribution in [0.25, 0.3) is 0 Å². The van der Waals surface area contributed by atoms with Crippen LogP contribution in [0, 0.1) is 0 Å². The molecule has 3 rings (SSSR count). The first-order valence-electron chi connectivity index (χ1n) is 10.4. The van der Waals surface area contributed by atoms with Crippen LogP contribution in [0.1, 0.15) is 23.7 Å². The number of fused-ring (bicyclic) bond motifs is 2. The predicted octanol–water partition coefficient (Wildman–Crippen LogP) is 2.80. The van der Waals surface area contributed by atoms with Crippen LogP contribution in [0.5, 0.6) is 11.5 Å². The number of hydrogen-bond donors (Lipinski definition) is 2. The van der Waals surface area contributed by atoms with Crippen LogP contribution in [0.15, 0.2) is 24.3 Å². The first-order chi connectivity index (χ1) is 15.8. The second kappa shape index (κ2) is 13.6. The lowest BCUT2D eigenvalue weighted by molar-refractivity contribution is -0.140. The van der Waals surface area contributed by atoms with Crippen LogP contribution in [-0.2, 0) is 14.3 Å². The third-order valence-corrected chi connectivity index (χ3v) is 7.23. The first-order valence-corrected chi connectivity index (χ1v) is 12.9. The summed E-state index contributed by atoms with van der Waals surface area (Å²) in [5.74, 6) is 2.46. The van der Waals surface area contributed by atoms with E-state index in [4.69, 9.17) is 18.9 Å². The van der Waals surface area contributed by atoms with Crippen LogP contribution in [0.4, 0.5) is 5.69 Å². The highest BCUT2D eigenvalue weighted by Gasteiger charge is 2.40. The summed E-state index contributed by atoms with van der Waals surface area (Å²) in [5, 5.41) is 13.3.